The first kappa shape index (κ1) is 23.2. The summed E-state index contributed by atoms with van der Waals surface area (Å²) in [7, 11) is 0. The second kappa shape index (κ2) is 8.60. The number of esters is 1. The van der Waals surface area contributed by atoms with E-state index in [9.17, 15) is 9.59 Å². The maximum absolute atomic E-state index is 13.6. The molecule has 0 aliphatic carbocycles. The van der Waals surface area contributed by atoms with Gasteiger partial charge in [0.25, 0.3) is 0 Å². The molecule has 0 unspecified atom stereocenters. The van der Waals surface area contributed by atoms with Gasteiger partial charge in [-0.3, -0.25) is 9.59 Å². The van der Waals surface area contributed by atoms with Gasteiger partial charge in [-0.1, -0.05) is 49.7 Å². The Labute approximate surface area is 189 Å². The first-order valence-corrected chi connectivity index (χ1v) is 11.0. The van der Waals surface area contributed by atoms with Crippen LogP contribution >= 0.6 is 11.6 Å². The molecule has 0 atom stereocenters. The van der Waals surface area contributed by atoms with Crippen LogP contribution in [0.25, 0.3) is 16.7 Å². The van der Waals surface area contributed by atoms with Crippen LogP contribution in [0, 0.1) is 0 Å². The Morgan fingerprint density at radius 2 is 1.58 bits per heavy atom. The van der Waals surface area contributed by atoms with Crippen molar-refractivity contribution in [2.75, 3.05) is 0 Å². The second-order valence-corrected chi connectivity index (χ2v) is 9.15. The number of ether oxygens (including phenoxy) is 2. The van der Waals surface area contributed by atoms with Crippen LogP contribution in [0.1, 0.15) is 59.1 Å². The van der Waals surface area contributed by atoms with Gasteiger partial charge in [-0.05, 0) is 74.6 Å². The number of carbonyl (C=O) groups excluding carboxylic acids is 2. The van der Waals surface area contributed by atoms with E-state index < -0.39 is 17.2 Å². The highest BCUT2D eigenvalue weighted by Gasteiger charge is 2.48. The minimum atomic E-state index is -1.05. The van der Waals surface area contributed by atoms with E-state index in [1.807, 2.05) is 63.2 Å². The highest BCUT2D eigenvalue weighted by Crippen LogP contribution is 2.43. The van der Waals surface area contributed by atoms with E-state index in [1.54, 1.807) is 20.8 Å². The van der Waals surface area contributed by atoms with Crippen molar-refractivity contribution < 1.29 is 19.1 Å². The Morgan fingerprint density at radius 3 is 2.16 bits per heavy atom. The van der Waals surface area contributed by atoms with Gasteiger partial charge in [-0.15, -0.1) is 0 Å². The standard InChI is InChI=1S/C26H29ClO4/c1-7-16-9-10-18(17-11-13-19(27)14-12-17)15-20(16)22-23(29)25(3,4)31-26(5,6)24(22)30-21(28)8-2/h9-15H,7-8H2,1-6H3. The summed E-state index contributed by atoms with van der Waals surface area (Å²) in [6, 6.07) is 13.6. The van der Waals surface area contributed by atoms with E-state index in [0.717, 1.165) is 28.7 Å². The molecule has 1 aliphatic heterocycles. The van der Waals surface area contributed by atoms with Crippen LogP contribution < -0.4 is 0 Å². The van der Waals surface area contributed by atoms with Gasteiger partial charge in [0.05, 0.1) is 5.57 Å². The van der Waals surface area contributed by atoms with Crippen molar-refractivity contribution in [2.45, 2.75) is 65.6 Å². The number of ketones is 1. The first-order valence-electron chi connectivity index (χ1n) is 10.6. The van der Waals surface area contributed by atoms with Gasteiger partial charge >= 0.3 is 5.97 Å². The molecule has 0 saturated carbocycles. The summed E-state index contributed by atoms with van der Waals surface area (Å²) in [5.41, 5.74) is 2.12. The highest BCUT2D eigenvalue weighted by molar-refractivity contribution is 6.30. The number of hydrogen-bond acceptors (Lipinski definition) is 4. The molecule has 2 aromatic carbocycles. The molecule has 164 valence electrons. The average Bonchev–Trinajstić information content (AvgIpc) is 2.71. The number of carbonyl (C=O) groups is 2. The average molecular weight is 441 g/mol. The van der Waals surface area contributed by atoms with Gasteiger partial charge in [0.15, 0.2) is 11.5 Å². The van der Waals surface area contributed by atoms with Crippen LogP contribution in [0.15, 0.2) is 48.2 Å². The zero-order valence-corrected chi connectivity index (χ0v) is 19.7. The topological polar surface area (TPSA) is 52.6 Å². The number of benzene rings is 2. The zero-order chi connectivity index (χ0) is 23.0. The van der Waals surface area contributed by atoms with Crippen LogP contribution in [0.3, 0.4) is 0 Å². The summed E-state index contributed by atoms with van der Waals surface area (Å²) in [6.45, 7) is 10.9. The van der Waals surface area contributed by atoms with Gasteiger partial charge in [0.2, 0.25) is 0 Å². The molecule has 4 nitrogen and oxygen atoms in total. The van der Waals surface area contributed by atoms with Crippen LogP contribution in [0.2, 0.25) is 5.02 Å². The Hall–Kier alpha value is -2.43. The lowest BCUT2D eigenvalue weighted by Crippen LogP contribution is -2.50. The van der Waals surface area contributed by atoms with Gasteiger partial charge in [-0.25, -0.2) is 0 Å². The van der Waals surface area contributed by atoms with Gasteiger partial charge in [-0.2, -0.15) is 0 Å². The molecule has 0 saturated heterocycles. The number of hydrogen-bond donors (Lipinski definition) is 0. The van der Waals surface area contributed by atoms with Gasteiger partial charge < -0.3 is 9.47 Å². The monoisotopic (exact) mass is 440 g/mol. The summed E-state index contributed by atoms with van der Waals surface area (Å²) in [4.78, 5) is 25.8. The zero-order valence-electron chi connectivity index (χ0n) is 19.0. The predicted octanol–water partition coefficient (Wildman–Crippen LogP) is 6.39. The minimum Gasteiger partial charge on any atom is -0.427 e. The molecule has 0 amide bonds. The second-order valence-electron chi connectivity index (χ2n) is 8.72. The maximum atomic E-state index is 13.6. The van der Waals surface area contributed by atoms with E-state index in [2.05, 4.69) is 0 Å². The molecule has 2 aromatic rings. The molecule has 5 heteroatoms. The minimum absolute atomic E-state index is 0.200. The molecule has 1 aliphatic rings. The third-order valence-corrected chi connectivity index (χ3v) is 5.75. The van der Waals surface area contributed by atoms with Gasteiger partial charge in [0, 0.05) is 11.4 Å². The van der Waals surface area contributed by atoms with E-state index in [-0.39, 0.29) is 18.0 Å². The lowest BCUT2D eigenvalue weighted by Gasteiger charge is -2.42. The number of halogens is 1. The van der Waals surface area contributed by atoms with Crippen LogP contribution in [-0.4, -0.2) is 23.0 Å². The van der Waals surface area contributed by atoms with E-state index in [1.165, 1.54) is 0 Å². The van der Waals surface area contributed by atoms with Crippen LogP contribution in [0.4, 0.5) is 0 Å². The summed E-state index contributed by atoms with van der Waals surface area (Å²) in [5.74, 6) is -0.330. The number of Topliss-reactive ketones (excluding diaryl/α,β-unsaturated/α-hetero) is 1. The van der Waals surface area contributed by atoms with E-state index >= 15 is 0 Å². The molecule has 0 aromatic heterocycles. The molecular formula is C26H29ClO4. The number of rotatable bonds is 5. The Balaban J connectivity index is 2.30. The van der Waals surface area contributed by atoms with Crippen molar-refractivity contribution in [2.24, 2.45) is 0 Å². The lowest BCUT2D eigenvalue weighted by molar-refractivity contribution is -0.165. The van der Waals surface area contributed by atoms with E-state index in [4.69, 9.17) is 21.1 Å². The Kier molecular flexibility index (Phi) is 6.45. The van der Waals surface area contributed by atoms with Crippen molar-refractivity contribution in [3.8, 4) is 11.1 Å². The van der Waals surface area contributed by atoms with Crippen molar-refractivity contribution in [3.05, 3.63) is 64.4 Å². The fourth-order valence-electron chi connectivity index (χ4n) is 3.98. The molecular weight excluding hydrogens is 412 g/mol. The highest BCUT2D eigenvalue weighted by atomic mass is 35.5. The third-order valence-electron chi connectivity index (χ3n) is 5.50. The molecule has 3 rings (SSSR count). The van der Waals surface area contributed by atoms with Crippen molar-refractivity contribution in [3.63, 3.8) is 0 Å². The summed E-state index contributed by atoms with van der Waals surface area (Å²) in [6.07, 6.45) is 0.930. The van der Waals surface area contributed by atoms with Crippen molar-refractivity contribution in [1.29, 1.82) is 0 Å². The molecule has 0 bridgehead atoms. The molecule has 0 spiro atoms. The Bertz CT molecular complexity index is 1050. The molecule has 1 heterocycles. The number of aryl methyl sites for hydroxylation is 1. The van der Waals surface area contributed by atoms with Crippen LogP contribution in [0.5, 0.6) is 0 Å². The van der Waals surface area contributed by atoms with Crippen LogP contribution in [-0.2, 0) is 25.5 Å². The van der Waals surface area contributed by atoms with Gasteiger partial charge in [0.1, 0.15) is 11.2 Å². The normalized spacial score (nSPS) is 17.6. The Morgan fingerprint density at radius 1 is 0.968 bits per heavy atom. The predicted molar refractivity (Wildman–Crippen MR) is 124 cm³/mol. The quantitative estimate of drug-likeness (QED) is 0.505. The summed E-state index contributed by atoms with van der Waals surface area (Å²) < 4.78 is 11.8. The summed E-state index contributed by atoms with van der Waals surface area (Å²) >= 11 is 6.05. The largest absolute Gasteiger partial charge is 0.427 e. The summed E-state index contributed by atoms with van der Waals surface area (Å²) in [5, 5.41) is 0.661. The lowest BCUT2D eigenvalue weighted by atomic mass is 9.80. The molecule has 0 N–H and O–H groups in total. The fraction of sp³-hybridized carbons (Fsp3) is 0.385. The molecule has 0 radical (unpaired) electrons. The van der Waals surface area contributed by atoms with Crippen molar-refractivity contribution >= 4 is 28.9 Å². The van der Waals surface area contributed by atoms with Crippen molar-refractivity contribution in [1.82, 2.24) is 0 Å². The maximum Gasteiger partial charge on any atom is 0.310 e. The third kappa shape index (κ3) is 4.60. The molecule has 0 fully saturated rings. The van der Waals surface area contributed by atoms with E-state index in [0.29, 0.717) is 10.6 Å². The molecule has 31 heavy (non-hydrogen) atoms. The first-order chi connectivity index (χ1) is 14.5. The smallest absolute Gasteiger partial charge is 0.310 e. The SMILES string of the molecule is CCC(=O)OC1=C(c2cc(-c3ccc(Cl)cc3)ccc2CC)C(=O)C(C)(C)OC1(C)C. The fourth-order valence-corrected chi connectivity index (χ4v) is 4.11.